The third-order valence-corrected chi connectivity index (χ3v) is 2.84. The molecular formula is C12H22N2O3. The van der Waals surface area contributed by atoms with Crippen LogP contribution in [0.3, 0.4) is 0 Å². The molecule has 1 aliphatic rings. The minimum atomic E-state index is -0.405. The lowest BCUT2D eigenvalue weighted by atomic mass is 10.1. The van der Waals surface area contributed by atoms with E-state index < -0.39 is 5.97 Å². The van der Waals surface area contributed by atoms with Crippen molar-refractivity contribution in [1.82, 2.24) is 10.6 Å². The van der Waals surface area contributed by atoms with Gasteiger partial charge >= 0.3 is 12.0 Å². The Kier molecular flexibility index (Phi) is 5.80. The SMILES string of the molecule is CCOC(=O)CNC(=O)NC(CC)CC1CC1. The van der Waals surface area contributed by atoms with Gasteiger partial charge in [0.1, 0.15) is 6.54 Å². The van der Waals surface area contributed by atoms with Crippen molar-refractivity contribution >= 4 is 12.0 Å². The summed E-state index contributed by atoms with van der Waals surface area (Å²) in [5.74, 6) is 0.378. The summed E-state index contributed by atoms with van der Waals surface area (Å²) in [5, 5.41) is 5.38. The maximum Gasteiger partial charge on any atom is 0.325 e. The van der Waals surface area contributed by atoms with Crippen molar-refractivity contribution in [3.63, 3.8) is 0 Å². The number of hydrogen-bond donors (Lipinski definition) is 2. The molecule has 2 N–H and O–H groups in total. The number of esters is 1. The second-order valence-corrected chi connectivity index (χ2v) is 4.42. The van der Waals surface area contributed by atoms with E-state index in [9.17, 15) is 9.59 Å². The Morgan fingerprint density at radius 3 is 2.59 bits per heavy atom. The summed E-state index contributed by atoms with van der Waals surface area (Å²) in [6, 6.07) is -0.0738. The molecule has 0 spiro atoms. The number of amides is 2. The average molecular weight is 242 g/mol. The summed E-state index contributed by atoms with van der Waals surface area (Å²) in [4.78, 5) is 22.5. The lowest BCUT2D eigenvalue weighted by Gasteiger charge is -2.16. The van der Waals surface area contributed by atoms with E-state index in [1.165, 1.54) is 12.8 Å². The Bertz CT molecular complexity index is 264. The molecule has 2 amide bonds. The number of carbonyl (C=O) groups excluding carboxylic acids is 2. The van der Waals surface area contributed by atoms with Crippen LogP contribution in [0.15, 0.2) is 0 Å². The Hall–Kier alpha value is -1.26. The quantitative estimate of drug-likeness (QED) is 0.664. The molecule has 5 nitrogen and oxygen atoms in total. The summed E-state index contributed by atoms with van der Waals surface area (Å²) in [5.41, 5.74) is 0. The molecule has 1 saturated carbocycles. The van der Waals surface area contributed by atoms with Crippen LogP contribution in [0, 0.1) is 5.92 Å². The highest BCUT2D eigenvalue weighted by atomic mass is 16.5. The molecule has 1 atom stereocenters. The topological polar surface area (TPSA) is 67.4 Å². The average Bonchev–Trinajstić information content (AvgIpc) is 3.10. The number of nitrogens with one attached hydrogen (secondary N) is 2. The normalized spacial score (nSPS) is 16.1. The maximum absolute atomic E-state index is 11.5. The first kappa shape index (κ1) is 13.8. The third kappa shape index (κ3) is 6.14. The van der Waals surface area contributed by atoms with Crippen LogP contribution >= 0.6 is 0 Å². The predicted molar refractivity (Wildman–Crippen MR) is 64.6 cm³/mol. The number of urea groups is 1. The molecule has 0 saturated heterocycles. The number of hydrogen-bond acceptors (Lipinski definition) is 3. The van der Waals surface area contributed by atoms with E-state index in [1.807, 2.05) is 0 Å². The molecule has 1 aliphatic carbocycles. The Balaban J connectivity index is 2.15. The van der Waals surface area contributed by atoms with Gasteiger partial charge in [-0.25, -0.2) is 4.79 Å². The molecule has 0 bridgehead atoms. The fourth-order valence-corrected chi connectivity index (χ4v) is 1.68. The van der Waals surface area contributed by atoms with E-state index in [1.54, 1.807) is 6.92 Å². The zero-order valence-corrected chi connectivity index (χ0v) is 10.6. The maximum atomic E-state index is 11.5. The van der Waals surface area contributed by atoms with E-state index in [-0.39, 0.29) is 18.6 Å². The van der Waals surface area contributed by atoms with Crippen LogP contribution in [0.5, 0.6) is 0 Å². The standard InChI is InChI=1S/C12H22N2O3/c1-3-10(7-9-5-6-9)14-12(16)13-8-11(15)17-4-2/h9-10H,3-8H2,1-2H3,(H2,13,14,16). The van der Waals surface area contributed by atoms with Crippen molar-refractivity contribution in [2.45, 2.75) is 45.6 Å². The number of carbonyl (C=O) groups is 2. The molecule has 17 heavy (non-hydrogen) atoms. The molecule has 0 aromatic heterocycles. The van der Waals surface area contributed by atoms with Crippen LogP contribution < -0.4 is 10.6 Å². The molecule has 0 aromatic carbocycles. The van der Waals surface area contributed by atoms with Gasteiger partial charge in [-0.15, -0.1) is 0 Å². The van der Waals surface area contributed by atoms with Gasteiger partial charge in [0.25, 0.3) is 0 Å². The van der Waals surface area contributed by atoms with Gasteiger partial charge in [0.05, 0.1) is 6.61 Å². The first-order valence-corrected chi connectivity index (χ1v) is 6.35. The van der Waals surface area contributed by atoms with Crippen LogP contribution in [0.25, 0.3) is 0 Å². The molecule has 98 valence electrons. The molecule has 0 aromatic rings. The molecule has 0 aliphatic heterocycles. The van der Waals surface area contributed by atoms with Crippen molar-refractivity contribution in [3.05, 3.63) is 0 Å². The smallest absolute Gasteiger partial charge is 0.325 e. The van der Waals surface area contributed by atoms with Crippen LogP contribution in [0.2, 0.25) is 0 Å². The second-order valence-electron chi connectivity index (χ2n) is 4.42. The molecule has 5 heteroatoms. The van der Waals surface area contributed by atoms with Crippen LogP contribution in [0.1, 0.15) is 39.5 Å². The minimum absolute atomic E-state index is 0.0699. The van der Waals surface area contributed by atoms with Crippen molar-refractivity contribution in [3.8, 4) is 0 Å². The van der Waals surface area contributed by atoms with E-state index in [0.29, 0.717) is 6.61 Å². The van der Waals surface area contributed by atoms with Gasteiger partial charge < -0.3 is 15.4 Å². The molecule has 0 heterocycles. The van der Waals surface area contributed by atoms with Crippen molar-refractivity contribution in [2.24, 2.45) is 5.92 Å². The van der Waals surface area contributed by atoms with Gasteiger partial charge in [0, 0.05) is 6.04 Å². The highest BCUT2D eigenvalue weighted by molar-refractivity contribution is 5.80. The minimum Gasteiger partial charge on any atom is -0.465 e. The van der Waals surface area contributed by atoms with Gasteiger partial charge in [0.2, 0.25) is 0 Å². The third-order valence-electron chi connectivity index (χ3n) is 2.84. The zero-order valence-electron chi connectivity index (χ0n) is 10.6. The number of ether oxygens (including phenoxy) is 1. The fraction of sp³-hybridized carbons (Fsp3) is 0.833. The summed E-state index contributed by atoms with van der Waals surface area (Å²) in [6.45, 7) is 4.06. The zero-order chi connectivity index (χ0) is 12.7. The Labute approximate surface area is 102 Å². The van der Waals surface area contributed by atoms with Crippen molar-refractivity contribution < 1.29 is 14.3 Å². The second kappa shape index (κ2) is 7.14. The van der Waals surface area contributed by atoms with Gasteiger partial charge in [0.15, 0.2) is 0 Å². The van der Waals surface area contributed by atoms with E-state index in [0.717, 1.165) is 18.8 Å². The van der Waals surface area contributed by atoms with Gasteiger partial charge in [-0.1, -0.05) is 19.8 Å². The van der Waals surface area contributed by atoms with Crippen LogP contribution in [0.4, 0.5) is 4.79 Å². The molecule has 1 unspecified atom stereocenters. The Morgan fingerprint density at radius 2 is 2.06 bits per heavy atom. The first-order valence-electron chi connectivity index (χ1n) is 6.35. The summed E-state index contributed by atoms with van der Waals surface area (Å²) < 4.78 is 4.72. The molecule has 1 fully saturated rings. The summed E-state index contributed by atoms with van der Waals surface area (Å²) in [6.07, 6.45) is 4.53. The van der Waals surface area contributed by atoms with Gasteiger partial charge in [-0.2, -0.15) is 0 Å². The lowest BCUT2D eigenvalue weighted by molar-refractivity contribution is -0.141. The summed E-state index contributed by atoms with van der Waals surface area (Å²) in [7, 11) is 0. The largest absolute Gasteiger partial charge is 0.465 e. The molecule has 1 rings (SSSR count). The van der Waals surface area contributed by atoms with E-state index in [2.05, 4.69) is 17.6 Å². The fourth-order valence-electron chi connectivity index (χ4n) is 1.68. The number of rotatable bonds is 7. The highest BCUT2D eigenvalue weighted by Crippen LogP contribution is 2.33. The van der Waals surface area contributed by atoms with Gasteiger partial charge in [-0.3, -0.25) is 4.79 Å². The van der Waals surface area contributed by atoms with Gasteiger partial charge in [-0.05, 0) is 25.7 Å². The molecule has 0 radical (unpaired) electrons. The van der Waals surface area contributed by atoms with Crippen LogP contribution in [-0.4, -0.2) is 31.2 Å². The summed E-state index contributed by atoms with van der Waals surface area (Å²) >= 11 is 0. The first-order chi connectivity index (χ1) is 8.15. The Morgan fingerprint density at radius 1 is 1.35 bits per heavy atom. The highest BCUT2D eigenvalue weighted by Gasteiger charge is 2.25. The predicted octanol–water partition coefficient (Wildman–Crippen LogP) is 1.43. The van der Waals surface area contributed by atoms with Crippen molar-refractivity contribution in [2.75, 3.05) is 13.2 Å². The van der Waals surface area contributed by atoms with E-state index >= 15 is 0 Å². The molecular weight excluding hydrogens is 220 g/mol. The van der Waals surface area contributed by atoms with Crippen LogP contribution in [-0.2, 0) is 9.53 Å². The van der Waals surface area contributed by atoms with Crippen molar-refractivity contribution in [1.29, 1.82) is 0 Å². The monoisotopic (exact) mass is 242 g/mol. The lowest BCUT2D eigenvalue weighted by Crippen LogP contribution is -2.44. The van der Waals surface area contributed by atoms with E-state index in [4.69, 9.17) is 4.74 Å².